The third-order valence-corrected chi connectivity index (χ3v) is 0.854. The molecule has 0 saturated heterocycles. The number of ether oxygens (including phenoxy) is 1. The zero-order chi connectivity index (χ0) is 6.53. The average molecular weight is 126 g/mol. The van der Waals surface area contributed by atoms with Crippen molar-refractivity contribution in [1.29, 1.82) is 0 Å². The summed E-state index contributed by atoms with van der Waals surface area (Å²) in [5.74, 6) is 0. The van der Waals surface area contributed by atoms with E-state index in [0.29, 0.717) is 6.47 Å². The van der Waals surface area contributed by atoms with Crippen LogP contribution in [0, 0.1) is 0 Å². The van der Waals surface area contributed by atoms with Crippen molar-refractivity contribution >= 4 is 6.47 Å². The summed E-state index contributed by atoms with van der Waals surface area (Å²) >= 11 is 0. The zero-order valence-corrected chi connectivity index (χ0v) is 4.70. The Morgan fingerprint density at radius 3 is 3.33 bits per heavy atom. The number of H-pyrrole nitrogens is 1. The molecule has 0 bridgehead atoms. The molecule has 0 aliphatic rings. The minimum absolute atomic E-state index is 0.243. The molecule has 4 nitrogen and oxygen atoms in total. The van der Waals surface area contributed by atoms with Crippen LogP contribution in [-0.4, -0.2) is 16.4 Å². The molecule has 0 radical (unpaired) electrons. The maximum absolute atomic E-state index is 9.64. The maximum Gasteiger partial charge on any atom is 0.293 e. The molecule has 0 fully saturated rings. The second-order valence-electron chi connectivity index (χ2n) is 1.47. The van der Waals surface area contributed by atoms with E-state index in [0.717, 1.165) is 5.69 Å². The molecular formula is C5H6N2O2. The molecule has 0 saturated carbocycles. The highest BCUT2D eigenvalue weighted by Crippen LogP contribution is 1.90. The molecule has 4 heteroatoms. The van der Waals surface area contributed by atoms with Crippen molar-refractivity contribution in [3.8, 4) is 0 Å². The summed E-state index contributed by atoms with van der Waals surface area (Å²) in [7, 11) is 0. The van der Waals surface area contributed by atoms with Gasteiger partial charge in [-0.1, -0.05) is 0 Å². The van der Waals surface area contributed by atoms with Crippen molar-refractivity contribution in [2.24, 2.45) is 0 Å². The Morgan fingerprint density at radius 2 is 2.78 bits per heavy atom. The highest BCUT2D eigenvalue weighted by Gasteiger charge is 1.90. The number of hydrogen-bond donors (Lipinski definition) is 1. The monoisotopic (exact) mass is 126 g/mol. The number of rotatable bonds is 3. The summed E-state index contributed by atoms with van der Waals surface area (Å²) < 4.78 is 4.41. The van der Waals surface area contributed by atoms with Crippen LogP contribution in [0.1, 0.15) is 5.69 Å². The largest absolute Gasteiger partial charge is 0.461 e. The lowest BCUT2D eigenvalue weighted by molar-refractivity contribution is -0.129. The van der Waals surface area contributed by atoms with Crippen LogP contribution < -0.4 is 0 Å². The lowest BCUT2D eigenvalue weighted by Crippen LogP contribution is -1.88. The van der Waals surface area contributed by atoms with Crippen LogP contribution >= 0.6 is 0 Å². The van der Waals surface area contributed by atoms with Gasteiger partial charge in [0.1, 0.15) is 6.61 Å². The third-order valence-electron chi connectivity index (χ3n) is 0.854. The quantitative estimate of drug-likeness (QED) is 0.583. The number of carbonyl (C=O) groups is 1. The Morgan fingerprint density at radius 1 is 1.89 bits per heavy atom. The first-order chi connectivity index (χ1) is 4.43. The van der Waals surface area contributed by atoms with Crippen molar-refractivity contribution in [2.75, 3.05) is 0 Å². The SMILES string of the molecule is O=COCc1c[nH]cn1. The van der Waals surface area contributed by atoms with E-state index < -0.39 is 0 Å². The normalized spacial score (nSPS) is 8.89. The fourth-order valence-corrected chi connectivity index (χ4v) is 0.489. The number of aromatic nitrogens is 2. The molecule has 9 heavy (non-hydrogen) atoms. The van der Waals surface area contributed by atoms with E-state index in [1.165, 1.54) is 6.33 Å². The fourth-order valence-electron chi connectivity index (χ4n) is 0.489. The molecule has 1 N–H and O–H groups in total. The number of imidazole rings is 1. The Hall–Kier alpha value is -1.32. The summed E-state index contributed by atoms with van der Waals surface area (Å²) in [5.41, 5.74) is 0.724. The summed E-state index contributed by atoms with van der Waals surface area (Å²) in [4.78, 5) is 16.2. The van der Waals surface area contributed by atoms with Gasteiger partial charge in [0.15, 0.2) is 0 Å². The summed E-state index contributed by atoms with van der Waals surface area (Å²) in [5, 5.41) is 0. The number of aromatic amines is 1. The average Bonchev–Trinajstić information content (AvgIpc) is 2.34. The van der Waals surface area contributed by atoms with Crippen LogP contribution in [0.25, 0.3) is 0 Å². The first kappa shape index (κ1) is 5.81. The van der Waals surface area contributed by atoms with E-state index in [1.54, 1.807) is 6.20 Å². The lowest BCUT2D eigenvalue weighted by atomic mass is 10.5. The van der Waals surface area contributed by atoms with E-state index in [4.69, 9.17) is 0 Å². The van der Waals surface area contributed by atoms with E-state index >= 15 is 0 Å². The zero-order valence-electron chi connectivity index (χ0n) is 4.70. The molecule has 0 atom stereocenters. The molecule has 1 heterocycles. The molecule has 0 spiro atoms. The number of nitrogens with zero attached hydrogens (tertiary/aromatic N) is 1. The molecular weight excluding hydrogens is 120 g/mol. The van der Waals surface area contributed by atoms with Gasteiger partial charge in [-0.15, -0.1) is 0 Å². The highest BCUT2D eigenvalue weighted by atomic mass is 16.5. The molecule has 48 valence electrons. The molecule has 0 unspecified atom stereocenters. The van der Waals surface area contributed by atoms with Gasteiger partial charge in [-0.2, -0.15) is 0 Å². The molecule has 0 aliphatic carbocycles. The third kappa shape index (κ3) is 1.56. The van der Waals surface area contributed by atoms with Crippen LogP contribution in [0.15, 0.2) is 12.5 Å². The fraction of sp³-hybridized carbons (Fsp3) is 0.200. The summed E-state index contributed by atoms with van der Waals surface area (Å²) in [6.07, 6.45) is 3.20. The first-order valence-electron chi connectivity index (χ1n) is 2.46. The predicted octanol–water partition coefficient (Wildman–Crippen LogP) is 0.0827. The lowest BCUT2D eigenvalue weighted by Gasteiger charge is -1.89. The standard InChI is InChI=1S/C5H6N2O2/c8-4-9-2-5-1-6-3-7-5/h1,3-4H,2H2,(H,6,7). The minimum atomic E-state index is 0.243. The molecule has 0 amide bonds. The minimum Gasteiger partial charge on any atom is -0.461 e. The first-order valence-corrected chi connectivity index (χ1v) is 2.46. The second kappa shape index (κ2) is 2.86. The Bertz CT molecular complexity index is 171. The smallest absolute Gasteiger partial charge is 0.293 e. The van der Waals surface area contributed by atoms with E-state index in [2.05, 4.69) is 14.7 Å². The Balaban J connectivity index is 2.38. The Kier molecular flexibility index (Phi) is 1.85. The number of carbonyl (C=O) groups excluding carboxylic acids is 1. The van der Waals surface area contributed by atoms with Gasteiger partial charge < -0.3 is 9.72 Å². The van der Waals surface area contributed by atoms with E-state index in [-0.39, 0.29) is 6.61 Å². The van der Waals surface area contributed by atoms with Crippen LogP contribution in [0.4, 0.5) is 0 Å². The summed E-state index contributed by atoms with van der Waals surface area (Å²) in [6.45, 7) is 0.641. The molecule has 0 aromatic carbocycles. The molecule has 1 rings (SSSR count). The second-order valence-corrected chi connectivity index (χ2v) is 1.47. The van der Waals surface area contributed by atoms with Crippen molar-refractivity contribution in [3.05, 3.63) is 18.2 Å². The molecule has 1 aromatic heterocycles. The van der Waals surface area contributed by atoms with Gasteiger partial charge in [0.05, 0.1) is 12.0 Å². The maximum atomic E-state index is 9.64. The van der Waals surface area contributed by atoms with Gasteiger partial charge in [-0.3, -0.25) is 4.79 Å². The van der Waals surface area contributed by atoms with Crippen molar-refractivity contribution in [3.63, 3.8) is 0 Å². The van der Waals surface area contributed by atoms with Crippen LogP contribution in [0.3, 0.4) is 0 Å². The van der Waals surface area contributed by atoms with Crippen molar-refractivity contribution < 1.29 is 9.53 Å². The van der Waals surface area contributed by atoms with E-state index in [9.17, 15) is 4.79 Å². The summed E-state index contributed by atoms with van der Waals surface area (Å²) in [6, 6.07) is 0. The van der Waals surface area contributed by atoms with Gasteiger partial charge in [0.2, 0.25) is 0 Å². The van der Waals surface area contributed by atoms with Crippen molar-refractivity contribution in [1.82, 2.24) is 9.97 Å². The van der Waals surface area contributed by atoms with Crippen LogP contribution in [0.2, 0.25) is 0 Å². The molecule has 1 aromatic rings. The van der Waals surface area contributed by atoms with Crippen molar-refractivity contribution in [2.45, 2.75) is 6.61 Å². The topological polar surface area (TPSA) is 55.0 Å². The van der Waals surface area contributed by atoms with Crippen LogP contribution in [0.5, 0.6) is 0 Å². The van der Waals surface area contributed by atoms with E-state index in [1.807, 2.05) is 0 Å². The van der Waals surface area contributed by atoms with Gasteiger partial charge in [0, 0.05) is 6.20 Å². The molecule has 0 aliphatic heterocycles. The Labute approximate surface area is 51.9 Å². The highest BCUT2D eigenvalue weighted by molar-refractivity contribution is 5.36. The van der Waals surface area contributed by atoms with Crippen LogP contribution in [-0.2, 0) is 16.1 Å². The van der Waals surface area contributed by atoms with Gasteiger partial charge >= 0.3 is 0 Å². The predicted molar refractivity (Wildman–Crippen MR) is 29.4 cm³/mol. The van der Waals surface area contributed by atoms with Gasteiger partial charge in [0.25, 0.3) is 6.47 Å². The van der Waals surface area contributed by atoms with Gasteiger partial charge in [-0.05, 0) is 0 Å². The van der Waals surface area contributed by atoms with Gasteiger partial charge in [-0.25, -0.2) is 4.98 Å². The number of nitrogens with one attached hydrogen (secondary N) is 1. The number of hydrogen-bond acceptors (Lipinski definition) is 3.